The number of pyridine rings is 2. The molecule has 2 aliphatic heterocycles. The molecule has 4 aromatic heterocycles. The molecule has 43 heavy (non-hydrogen) atoms. The third-order valence-corrected chi connectivity index (χ3v) is 9.79. The smallest absolute Gasteiger partial charge is 0.255 e. The highest BCUT2D eigenvalue weighted by molar-refractivity contribution is 5.95. The molecule has 1 atom stereocenters. The van der Waals surface area contributed by atoms with Crippen LogP contribution in [0, 0.1) is 18.8 Å². The van der Waals surface area contributed by atoms with Crippen molar-refractivity contribution in [2.75, 3.05) is 39.9 Å². The number of hydrogen-bond acceptors (Lipinski definition) is 5. The third-order valence-electron chi connectivity index (χ3n) is 9.79. The van der Waals surface area contributed by atoms with Crippen LogP contribution in [-0.4, -0.2) is 80.7 Å². The molecule has 3 aliphatic rings. The molecule has 9 heteroatoms. The van der Waals surface area contributed by atoms with E-state index in [1.165, 1.54) is 30.2 Å². The van der Waals surface area contributed by atoms with Crippen LogP contribution in [0.1, 0.15) is 73.0 Å². The van der Waals surface area contributed by atoms with E-state index in [4.69, 9.17) is 14.8 Å². The van der Waals surface area contributed by atoms with Gasteiger partial charge in [-0.1, -0.05) is 6.92 Å². The first-order chi connectivity index (χ1) is 20.9. The number of hydrogen-bond donors (Lipinski definition) is 0. The van der Waals surface area contributed by atoms with Crippen molar-refractivity contribution >= 4 is 28.2 Å². The van der Waals surface area contributed by atoms with Crippen LogP contribution >= 0.6 is 0 Å². The SMILES string of the molecule is COCC(=O)N1CCC(c2nccc3cc(-c4nn5cc(C(=O)N6CCC[C@@H](C)C6)ccc5c4C)n(CC4CC4)c23)CC1. The van der Waals surface area contributed by atoms with Crippen LogP contribution in [0.5, 0.6) is 0 Å². The van der Waals surface area contributed by atoms with Crippen molar-refractivity contribution in [1.82, 2.24) is 29.0 Å². The van der Waals surface area contributed by atoms with E-state index in [-0.39, 0.29) is 18.4 Å². The summed E-state index contributed by atoms with van der Waals surface area (Å²) in [7, 11) is 1.57. The Morgan fingerprint density at radius 2 is 1.84 bits per heavy atom. The predicted molar refractivity (Wildman–Crippen MR) is 166 cm³/mol. The van der Waals surface area contributed by atoms with Crippen LogP contribution in [0.3, 0.4) is 0 Å². The Hall–Kier alpha value is -3.72. The Morgan fingerprint density at radius 3 is 2.58 bits per heavy atom. The van der Waals surface area contributed by atoms with E-state index in [1.54, 1.807) is 7.11 Å². The summed E-state index contributed by atoms with van der Waals surface area (Å²) in [5.74, 6) is 1.66. The van der Waals surface area contributed by atoms with Crippen LogP contribution in [0.15, 0.2) is 36.7 Å². The van der Waals surface area contributed by atoms with Crippen LogP contribution < -0.4 is 0 Å². The number of carbonyl (C=O) groups excluding carboxylic acids is 2. The number of piperidine rings is 2. The van der Waals surface area contributed by atoms with E-state index < -0.39 is 0 Å². The Labute approximate surface area is 252 Å². The van der Waals surface area contributed by atoms with Crippen LogP contribution in [0.2, 0.25) is 0 Å². The number of amides is 2. The number of carbonyl (C=O) groups is 2. The van der Waals surface area contributed by atoms with Gasteiger partial charge in [0.05, 0.1) is 28.0 Å². The fourth-order valence-electron chi connectivity index (χ4n) is 7.20. The van der Waals surface area contributed by atoms with E-state index in [0.717, 1.165) is 80.1 Å². The molecule has 3 fully saturated rings. The number of nitrogens with zero attached hydrogens (tertiary/aromatic N) is 6. The fourth-order valence-corrected chi connectivity index (χ4v) is 7.20. The largest absolute Gasteiger partial charge is 0.375 e. The van der Waals surface area contributed by atoms with Crippen LogP contribution in [0.4, 0.5) is 0 Å². The standard InChI is InChI=1S/C34H42N6O3/c1-22-5-4-14-38(18-22)34(42)27-8-9-28-23(2)31(36-40(28)20-27)29-17-26-10-13-35-32(33(26)39(29)19-24-6-7-24)25-11-15-37(16-12-25)30(41)21-43-3/h8-10,13,17,20,22,24-25H,4-7,11-12,14-16,18-19,21H2,1-3H3/t22-/m1/s1. The third kappa shape index (κ3) is 5.32. The maximum atomic E-state index is 13.4. The fraction of sp³-hybridized carbons (Fsp3) is 0.529. The maximum absolute atomic E-state index is 13.4. The van der Waals surface area contributed by atoms with Gasteiger partial charge in [0, 0.05) is 69.1 Å². The van der Waals surface area contributed by atoms with Crippen molar-refractivity contribution in [3.63, 3.8) is 0 Å². The summed E-state index contributed by atoms with van der Waals surface area (Å²) in [6, 6.07) is 8.40. The molecule has 6 heterocycles. The van der Waals surface area contributed by atoms with Gasteiger partial charge in [0.15, 0.2) is 0 Å². The Morgan fingerprint density at radius 1 is 1.02 bits per heavy atom. The number of aryl methyl sites for hydroxylation is 1. The number of rotatable bonds is 7. The van der Waals surface area contributed by atoms with E-state index in [9.17, 15) is 9.59 Å². The molecule has 0 spiro atoms. The normalized spacial score (nSPS) is 19.9. The minimum absolute atomic E-state index is 0.0594. The topological polar surface area (TPSA) is 85.0 Å². The first kappa shape index (κ1) is 28.1. The molecule has 4 aromatic rings. The number of aromatic nitrogens is 4. The monoisotopic (exact) mass is 582 g/mol. The van der Waals surface area contributed by atoms with Crippen molar-refractivity contribution in [2.24, 2.45) is 11.8 Å². The van der Waals surface area contributed by atoms with E-state index in [2.05, 4.69) is 30.5 Å². The molecule has 226 valence electrons. The van der Waals surface area contributed by atoms with Gasteiger partial charge < -0.3 is 19.1 Å². The Bertz CT molecular complexity index is 1680. The highest BCUT2D eigenvalue weighted by Gasteiger charge is 2.31. The number of likely N-dealkylation sites (tertiary alicyclic amines) is 2. The van der Waals surface area contributed by atoms with Gasteiger partial charge in [-0.25, -0.2) is 4.52 Å². The van der Waals surface area contributed by atoms with Gasteiger partial charge in [0.1, 0.15) is 12.3 Å². The van der Waals surface area contributed by atoms with Gasteiger partial charge in [-0.05, 0) is 81.5 Å². The van der Waals surface area contributed by atoms with Gasteiger partial charge in [-0.2, -0.15) is 5.10 Å². The summed E-state index contributed by atoms with van der Waals surface area (Å²) in [6.07, 6.45) is 10.4. The average molecular weight is 583 g/mol. The van der Waals surface area contributed by atoms with Crippen molar-refractivity contribution in [3.05, 3.63) is 53.5 Å². The lowest BCUT2D eigenvalue weighted by Crippen LogP contribution is -2.40. The lowest BCUT2D eigenvalue weighted by Gasteiger charge is -2.32. The van der Waals surface area contributed by atoms with Crippen molar-refractivity contribution in [2.45, 2.75) is 64.8 Å². The molecule has 0 bridgehead atoms. The second kappa shape index (κ2) is 11.4. The Balaban J connectivity index is 1.25. The number of ether oxygens (including phenoxy) is 1. The van der Waals surface area contributed by atoms with Gasteiger partial charge in [0.2, 0.25) is 5.91 Å². The maximum Gasteiger partial charge on any atom is 0.255 e. The molecule has 1 aliphatic carbocycles. The number of methoxy groups -OCH3 is 1. The molecule has 9 nitrogen and oxygen atoms in total. The molecule has 0 aromatic carbocycles. The highest BCUT2D eigenvalue weighted by atomic mass is 16.5. The summed E-state index contributed by atoms with van der Waals surface area (Å²) in [6.45, 7) is 8.54. The molecule has 1 saturated carbocycles. The first-order valence-corrected chi connectivity index (χ1v) is 15.9. The van der Waals surface area contributed by atoms with Crippen molar-refractivity contribution in [3.8, 4) is 11.4 Å². The number of fused-ring (bicyclic) bond motifs is 2. The predicted octanol–water partition coefficient (Wildman–Crippen LogP) is 5.29. The van der Waals surface area contributed by atoms with Crippen LogP contribution in [0.25, 0.3) is 27.8 Å². The summed E-state index contributed by atoms with van der Waals surface area (Å²) in [5.41, 5.74) is 7.24. The molecule has 2 amide bonds. The Kier molecular flexibility index (Phi) is 7.45. The van der Waals surface area contributed by atoms with Gasteiger partial charge in [0.25, 0.3) is 5.91 Å². The molecular formula is C34H42N6O3. The summed E-state index contributed by atoms with van der Waals surface area (Å²) in [4.78, 5) is 34.6. The molecule has 0 N–H and O–H groups in total. The molecule has 0 radical (unpaired) electrons. The van der Waals surface area contributed by atoms with Crippen molar-refractivity contribution < 1.29 is 14.3 Å². The van der Waals surface area contributed by atoms with E-state index >= 15 is 0 Å². The molecule has 2 saturated heterocycles. The van der Waals surface area contributed by atoms with Gasteiger partial charge >= 0.3 is 0 Å². The average Bonchev–Trinajstić information content (AvgIpc) is 3.69. The van der Waals surface area contributed by atoms with Crippen molar-refractivity contribution in [1.29, 1.82) is 0 Å². The first-order valence-electron chi connectivity index (χ1n) is 15.9. The van der Waals surface area contributed by atoms with Crippen LogP contribution in [-0.2, 0) is 16.1 Å². The second-order valence-electron chi connectivity index (χ2n) is 13.0. The zero-order valence-electron chi connectivity index (χ0n) is 25.6. The van der Waals surface area contributed by atoms with E-state index in [1.807, 2.05) is 38.8 Å². The summed E-state index contributed by atoms with van der Waals surface area (Å²) >= 11 is 0. The summed E-state index contributed by atoms with van der Waals surface area (Å²) < 4.78 is 9.44. The van der Waals surface area contributed by atoms with Gasteiger partial charge in [-0.15, -0.1) is 0 Å². The zero-order valence-corrected chi connectivity index (χ0v) is 25.6. The molecular weight excluding hydrogens is 540 g/mol. The van der Waals surface area contributed by atoms with E-state index in [0.29, 0.717) is 23.3 Å². The summed E-state index contributed by atoms with van der Waals surface area (Å²) in [5, 5.41) is 6.29. The molecule has 7 rings (SSSR count). The minimum atomic E-state index is 0.0594. The minimum Gasteiger partial charge on any atom is -0.375 e. The second-order valence-corrected chi connectivity index (χ2v) is 13.0. The highest BCUT2D eigenvalue weighted by Crippen LogP contribution is 2.40. The molecule has 0 unspecified atom stereocenters. The lowest BCUT2D eigenvalue weighted by molar-refractivity contribution is -0.136. The quantitative estimate of drug-likeness (QED) is 0.296. The zero-order chi connectivity index (χ0) is 29.7. The van der Waals surface area contributed by atoms with Gasteiger partial charge in [-0.3, -0.25) is 14.6 Å². The lowest BCUT2D eigenvalue weighted by atomic mass is 9.92.